The lowest BCUT2D eigenvalue weighted by Crippen LogP contribution is -2.35. The summed E-state index contributed by atoms with van der Waals surface area (Å²) in [7, 11) is 1.64. The molecule has 0 fully saturated rings. The van der Waals surface area contributed by atoms with Crippen LogP contribution in [0, 0.1) is 0 Å². The molecule has 0 aliphatic carbocycles. The van der Waals surface area contributed by atoms with Crippen LogP contribution in [0.4, 0.5) is 0 Å². The molecule has 0 radical (unpaired) electrons. The zero-order valence-electron chi connectivity index (χ0n) is 12.7. The normalized spacial score (nSPS) is 14.7. The fourth-order valence-corrected chi connectivity index (χ4v) is 2.72. The summed E-state index contributed by atoms with van der Waals surface area (Å²) in [5.41, 5.74) is 3.20. The van der Waals surface area contributed by atoms with Crippen molar-refractivity contribution in [1.29, 1.82) is 0 Å². The van der Waals surface area contributed by atoms with Gasteiger partial charge in [-0.3, -0.25) is 0 Å². The standard InChI is InChI=1S/C18H21NO2/c1-4-18(21-3,14(2)19-20)17-12-10-16(11-13-17)15-8-6-5-7-9-15/h5-13,20H,4H2,1-3H3. The van der Waals surface area contributed by atoms with E-state index in [1.165, 1.54) is 5.56 Å². The fraction of sp³-hybridized carbons (Fsp3) is 0.278. The number of ether oxygens (including phenoxy) is 1. The number of methoxy groups -OCH3 is 1. The highest BCUT2D eigenvalue weighted by Crippen LogP contribution is 2.32. The third-order valence-corrected chi connectivity index (χ3v) is 4.04. The van der Waals surface area contributed by atoms with Crippen LogP contribution in [0.3, 0.4) is 0 Å². The van der Waals surface area contributed by atoms with Crippen LogP contribution < -0.4 is 0 Å². The van der Waals surface area contributed by atoms with E-state index in [9.17, 15) is 0 Å². The third-order valence-electron chi connectivity index (χ3n) is 4.04. The SMILES string of the molecule is CCC(OC)(C(C)=NO)c1ccc(-c2ccccc2)cc1. The Morgan fingerprint density at radius 2 is 1.62 bits per heavy atom. The van der Waals surface area contributed by atoms with Gasteiger partial charge in [0.1, 0.15) is 5.60 Å². The van der Waals surface area contributed by atoms with Crippen molar-refractivity contribution >= 4 is 5.71 Å². The van der Waals surface area contributed by atoms with Crippen LogP contribution >= 0.6 is 0 Å². The minimum absolute atomic E-state index is 0.556. The molecule has 1 N–H and O–H groups in total. The van der Waals surface area contributed by atoms with E-state index in [-0.39, 0.29) is 0 Å². The molecule has 1 unspecified atom stereocenters. The minimum atomic E-state index is -0.677. The van der Waals surface area contributed by atoms with E-state index < -0.39 is 5.60 Å². The number of benzene rings is 2. The number of rotatable bonds is 5. The van der Waals surface area contributed by atoms with Crippen LogP contribution in [0.15, 0.2) is 59.8 Å². The maximum Gasteiger partial charge on any atom is 0.133 e. The van der Waals surface area contributed by atoms with Gasteiger partial charge in [-0.05, 0) is 30.0 Å². The second-order valence-corrected chi connectivity index (χ2v) is 5.01. The monoisotopic (exact) mass is 283 g/mol. The predicted octanol–water partition coefficient (Wildman–Crippen LogP) is 4.46. The largest absolute Gasteiger partial charge is 0.411 e. The molecule has 2 aromatic carbocycles. The Balaban J connectivity index is 2.42. The molecule has 0 spiro atoms. The molecule has 2 rings (SSSR count). The number of hydrogen-bond donors (Lipinski definition) is 1. The first kappa shape index (κ1) is 15.3. The Hall–Kier alpha value is -2.13. The van der Waals surface area contributed by atoms with Crippen molar-refractivity contribution in [3.8, 4) is 11.1 Å². The quantitative estimate of drug-likeness (QED) is 0.500. The molecule has 1 atom stereocenters. The van der Waals surface area contributed by atoms with Gasteiger partial charge in [-0.15, -0.1) is 0 Å². The molecule has 0 saturated carbocycles. The van der Waals surface area contributed by atoms with E-state index in [0.717, 1.165) is 11.1 Å². The Kier molecular flexibility index (Phi) is 4.76. The summed E-state index contributed by atoms with van der Waals surface area (Å²) in [5, 5.41) is 12.5. The summed E-state index contributed by atoms with van der Waals surface area (Å²) >= 11 is 0. The average molecular weight is 283 g/mol. The summed E-state index contributed by atoms with van der Waals surface area (Å²) in [6.07, 6.45) is 0.698. The summed E-state index contributed by atoms with van der Waals surface area (Å²) in [6.45, 7) is 3.79. The van der Waals surface area contributed by atoms with Gasteiger partial charge < -0.3 is 9.94 Å². The van der Waals surface area contributed by atoms with E-state index in [1.807, 2.05) is 37.3 Å². The first-order valence-electron chi connectivity index (χ1n) is 7.08. The molecule has 3 heteroatoms. The van der Waals surface area contributed by atoms with Gasteiger partial charge in [-0.1, -0.05) is 66.7 Å². The average Bonchev–Trinajstić information content (AvgIpc) is 2.57. The molecule has 0 saturated heterocycles. The molecule has 0 aliphatic heterocycles. The van der Waals surface area contributed by atoms with Crippen molar-refractivity contribution in [2.24, 2.45) is 5.16 Å². The Morgan fingerprint density at radius 3 is 2.10 bits per heavy atom. The summed E-state index contributed by atoms with van der Waals surface area (Å²) in [4.78, 5) is 0. The second-order valence-electron chi connectivity index (χ2n) is 5.01. The molecule has 3 nitrogen and oxygen atoms in total. The van der Waals surface area contributed by atoms with Crippen LogP contribution in [0.25, 0.3) is 11.1 Å². The highest BCUT2D eigenvalue weighted by Gasteiger charge is 2.34. The zero-order valence-corrected chi connectivity index (χ0v) is 12.7. The zero-order chi connectivity index (χ0) is 15.3. The number of oxime groups is 1. The Morgan fingerprint density at radius 1 is 1.05 bits per heavy atom. The number of nitrogens with zero attached hydrogens (tertiary/aromatic N) is 1. The summed E-state index contributed by atoms with van der Waals surface area (Å²) in [5.74, 6) is 0. The topological polar surface area (TPSA) is 41.8 Å². The van der Waals surface area contributed by atoms with Crippen molar-refractivity contribution in [2.45, 2.75) is 25.9 Å². The first-order valence-corrected chi connectivity index (χ1v) is 7.08. The van der Waals surface area contributed by atoms with Crippen LogP contribution in [0.5, 0.6) is 0 Å². The van der Waals surface area contributed by atoms with E-state index in [0.29, 0.717) is 12.1 Å². The smallest absolute Gasteiger partial charge is 0.133 e. The van der Waals surface area contributed by atoms with Crippen molar-refractivity contribution in [3.63, 3.8) is 0 Å². The van der Waals surface area contributed by atoms with E-state index in [4.69, 9.17) is 9.94 Å². The van der Waals surface area contributed by atoms with Crippen molar-refractivity contribution in [1.82, 2.24) is 0 Å². The van der Waals surface area contributed by atoms with Gasteiger partial charge in [-0.2, -0.15) is 0 Å². The van der Waals surface area contributed by atoms with Crippen LogP contribution in [-0.2, 0) is 10.3 Å². The molecule has 0 amide bonds. The van der Waals surface area contributed by atoms with E-state index >= 15 is 0 Å². The van der Waals surface area contributed by atoms with Gasteiger partial charge in [0.15, 0.2) is 0 Å². The number of hydrogen-bond acceptors (Lipinski definition) is 3. The second kappa shape index (κ2) is 6.55. The fourth-order valence-electron chi connectivity index (χ4n) is 2.72. The van der Waals surface area contributed by atoms with E-state index in [1.54, 1.807) is 14.0 Å². The van der Waals surface area contributed by atoms with Crippen LogP contribution in [0.1, 0.15) is 25.8 Å². The van der Waals surface area contributed by atoms with Crippen molar-refractivity contribution < 1.29 is 9.94 Å². The molecular weight excluding hydrogens is 262 g/mol. The summed E-state index contributed by atoms with van der Waals surface area (Å²) < 4.78 is 5.68. The van der Waals surface area contributed by atoms with Gasteiger partial charge in [-0.25, -0.2) is 0 Å². The van der Waals surface area contributed by atoms with Gasteiger partial charge in [0.05, 0.1) is 5.71 Å². The van der Waals surface area contributed by atoms with Gasteiger partial charge in [0, 0.05) is 7.11 Å². The molecule has 0 heterocycles. The Labute approximate surface area is 125 Å². The highest BCUT2D eigenvalue weighted by atomic mass is 16.5. The minimum Gasteiger partial charge on any atom is -0.411 e. The molecule has 2 aromatic rings. The lowest BCUT2D eigenvalue weighted by Gasteiger charge is -2.31. The predicted molar refractivity (Wildman–Crippen MR) is 85.8 cm³/mol. The first-order chi connectivity index (χ1) is 10.2. The molecule has 0 aliphatic rings. The molecule has 110 valence electrons. The van der Waals surface area contributed by atoms with Gasteiger partial charge >= 0.3 is 0 Å². The van der Waals surface area contributed by atoms with Crippen LogP contribution in [-0.4, -0.2) is 18.0 Å². The lowest BCUT2D eigenvalue weighted by atomic mass is 9.86. The van der Waals surface area contributed by atoms with Crippen LogP contribution in [0.2, 0.25) is 0 Å². The molecule has 0 aromatic heterocycles. The Bertz CT molecular complexity index is 599. The van der Waals surface area contributed by atoms with Gasteiger partial charge in [0.2, 0.25) is 0 Å². The van der Waals surface area contributed by atoms with E-state index in [2.05, 4.69) is 29.4 Å². The molecule has 0 bridgehead atoms. The third kappa shape index (κ3) is 2.83. The molecule has 21 heavy (non-hydrogen) atoms. The van der Waals surface area contributed by atoms with Gasteiger partial charge in [0.25, 0.3) is 0 Å². The highest BCUT2D eigenvalue weighted by molar-refractivity contribution is 5.91. The summed E-state index contributed by atoms with van der Waals surface area (Å²) in [6, 6.07) is 18.4. The van der Waals surface area contributed by atoms with Crippen molar-refractivity contribution in [2.75, 3.05) is 7.11 Å². The van der Waals surface area contributed by atoms with Crippen molar-refractivity contribution in [3.05, 3.63) is 60.2 Å². The maximum absolute atomic E-state index is 9.13. The lowest BCUT2D eigenvalue weighted by molar-refractivity contribution is 0.0406. The molecular formula is C18H21NO2. The maximum atomic E-state index is 9.13.